The number of carbonyl (C=O) groups is 1. The van der Waals surface area contributed by atoms with Crippen LogP contribution >= 0.6 is 0 Å². The Hall–Kier alpha value is -1.83. The molecule has 0 atom stereocenters. The predicted octanol–water partition coefficient (Wildman–Crippen LogP) is 2.78. The van der Waals surface area contributed by atoms with Crippen molar-refractivity contribution in [3.63, 3.8) is 0 Å². The highest BCUT2D eigenvalue weighted by molar-refractivity contribution is 5.76. The molecule has 0 aliphatic rings. The van der Waals surface area contributed by atoms with E-state index in [1.807, 2.05) is 30.3 Å². The highest BCUT2D eigenvalue weighted by Gasteiger charge is 2.03. The molecule has 72 valence electrons. The van der Waals surface area contributed by atoms with Crippen LogP contribution in [0.15, 0.2) is 49.1 Å². The van der Waals surface area contributed by atoms with Crippen LogP contribution in [0.3, 0.4) is 0 Å². The molecule has 0 aromatic heterocycles. The second kappa shape index (κ2) is 5.02. The Bertz CT molecular complexity index is 350. The monoisotopic (exact) mass is 188 g/mol. The molecule has 0 amide bonds. The summed E-state index contributed by atoms with van der Waals surface area (Å²) in [4.78, 5) is 10.8. The van der Waals surface area contributed by atoms with Gasteiger partial charge in [-0.05, 0) is 6.08 Å². The standard InChI is InChI=1S/C12H12O2/c1-3-7-12(14-10(2)13)11-8-5-4-6-9-11/h3-9H,1H2,2H3/b12-7-. The van der Waals surface area contributed by atoms with Crippen LogP contribution in [0.4, 0.5) is 0 Å². The minimum atomic E-state index is -0.332. The van der Waals surface area contributed by atoms with Crippen molar-refractivity contribution in [2.45, 2.75) is 6.92 Å². The van der Waals surface area contributed by atoms with Crippen LogP contribution in [0.2, 0.25) is 0 Å². The van der Waals surface area contributed by atoms with E-state index in [9.17, 15) is 4.79 Å². The Kier molecular flexibility index (Phi) is 3.68. The van der Waals surface area contributed by atoms with Gasteiger partial charge in [0.15, 0.2) is 0 Å². The molecule has 0 aliphatic heterocycles. The van der Waals surface area contributed by atoms with Crippen LogP contribution in [0.25, 0.3) is 5.76 Å². The average Bonchev–Trinajstić information content (AvgIpc) is 2.18. The summed E-state index contributed by atoms with van der Waals surface area (Å²) < 4.78 is 5.03. The lowest BCUT2D eigenvalue weighted by Gasteiger charge is -2.05. The molecule has 14 heavy (non-hydrogen) atoms. The normalized spacial score (nSPS) is 10.8. The maximum absolute atomic E-state index is 10.8. The summed E-state index contributed by atoms with van der Waals surface area (Å²) in [7, 11) is 0. The molecule has 0 spiro atoms. The Morgan fingerprint density at radius 3 is 2.50 bits per heavy atom. The zero-order valence-corrected chi connectivity index (χ0v) is 8.07. The van der Waals surface area contributed by atoms with Crippen LogP contribution in [-0.2, 0) is 9.53 Å². The molecule has 0 aliphatic carbocycles. The van der Waals surface area contributed by atoms with Crippen LogP contribution in [-0.4, -0.2) is 5.97 Å². The lowest BCUT2D eigenvalue weighted by Crippen LogP contribution is -1.97. The van der Waals surface area contributed by atoms with Crippen molar-refractivity contribution in [1.82, 2.24) is 0 Å². The molecule has 1 rings (SSSR count). The van der Waals surface area contributed by atoms with Gasteiger partial charge in [-0.1, -0.05) is 43.0 Å². The Labute approximate surface area is 83.5 Å². The first-order valence-corrected chi connectivity index (χ1v) is 4.30. The van der Waals surface area contributed by atoms with E-state index in [0.717, 1.165) is 5.56 Å². The maximum atomic E-state index is 10.8. The number of rotatable bonds is 3. The van der Waals surface area contributed by atoms with Gasteiger partial charge < -0.3 is 4.74 Å². The van der Waals surface area contributed by atoms with Gasteiger partial charge in [0.05, 0.1) is 0 Å². The van der Waals surface area contributed by atoms with Gasteiger partial charge >= 0.3 is 5.97 Å². The molecule has 0 N–H and O–H groups in total. The smallest absolute Gasteiger partial charge is 0.308 e. The van der Waals surface area contributed by atoms with Gasteiger partial charge in [-0.2, -0.15) is 0 Å². The number of hydrogen-bond acceptors (Lipinski definition) is 2. The van der Waals surface area contributed by atoms with Gasteiger partial charge in [-0.15, -0.1) is 0 Å². The van der Waals surface area contributed by atoms with Crippen LogP contribution < -0.4 is 0 Å². The summed E-state index contributed by atoms with van der Waals surface area (Å²) >= 11 is 0. The molecule has 0 heterocycles. The lowest BCUT2D eigenvalue weighted by atomic mass is 10.2. The number of carbonyl (C=O) groups excluding carboxylic acids is 1. The van der Waals surface area contributed by atoms with E-state index >= 15 is 0 Å². The van der Waals surface area contributed by atoms with E-state index in [-0.39, 0.29) is 5.97 Å². The third-order valence-corrected chi connectivity index (χ3v) is 1.58. The van der Waals surface area contributed by atoms with E-state index in [1.54, 1.807) is 12.2 Å². The molecular formula is C12H12O2. The number of esters is 1. The fourth-order valence-electron chi connectivity index (χ4n) is 1.05. The Balaban J connectivity index is 2.95. The highest BCUT2D eigenvalue weighted by Crippen LogP contribution is 2.15. The fourth-order valence-corrected chi connectivity index (χ4v) is 1.05. The van der Waals surface area contributed by atoms with Crippen LogP contribution in [0.5, 0.6) is 0 Å². The summed E-state index contributed by atoms with van der Waals surface area (Å²) in [6, 6.07) is 9.42. The zero-order valence-electron chi connectivity index (χ0n) is 8.07. The van der Waals surface area contributed by atoms with E-state index in [4.69, 9.17) is 4.74 Å². The third kappa shape index (κ3) is 2.90. The lowest BCUT2D eigenvalue weighted by molar-refractivity contribution is -0.134. The number of allylic oxidation sites excluding steroid dienone is 2. The van der Waals surface area contributed by atoms with Crippen molar-refractivity contribution in [2.24, 2.45) is 0 Å². The minimum Gasteiger partial charge on any atom is -0.426 e. The number of hydrogen-bond donors (Lipinski definition) is 0. The average molecular weight is 188 g/mol. The van der Waals surface area contributed by atoms with E-state index in [2.05, 4.69) is 6.58 Å². The van der Waals surface area contributed by atoms with E-state index in [0.29, 0.717) is 5.76 Å². The second-order valence-electron chi connectivity index (χ2n) is 2.73. The van der Waals surface area contributed by atoms with E-state index in [1.165, 1.54) is 6.92 Å². The summed E-state index contributed by atoms with van der Waals surface area (Å²) in [6.07, 6.45) is 3.25. The Morgan fingerprint density at radius 2 is 2.00 bits per heavy atom. The fraction of sp³-hybridized carbons (Fsp3) is 0.0833. The van der Waals surface area contributed by atoms with E-state index < -0.39 is 0 Å². The first-order chi connectivity index (χ1) is 6.74. The molecule has 0 unspecified atom stereocenters. The zero-order chi connectivity index (χ0) is 10.4. The molecule has 0 saturated carbocycles. The van der Waals surface area contributed by atoms with Gasteiger partial charge in [0.25, 0.3) is 0 Å². The van der Waals surface area contributed by atoms with Gasteiger partial charge in [0.2, 0.25) is 0 Å². The topological polar surface area (TPSA) is 26.3 Å². The molecule has 2 heteroatoms. The number of ether oxygens (including phenoxy) is 1. The third-order valence-electron chi connectivity index (χ3n) is 1.58. The molecule has 0 saturated heterocycles. The first kappa shape index (κ1) is 10.3. The molecule has 2 nitrogen and oxygen atoms in total. The van der Waals surface area contributed by atoms with Crippen LogP contribution in [0, 0.1) is 0 Å². The molecule has 0 bridgehead atoms. The van der Waals surface area contributed by atoms with Crippen molar-refractivity contribution in [1.29, 1.82) is 0 Å². The Morgan fingerprint density at radius 1 is 1.36 bits per heavy atom. The van der Waals surface area contributed by atoms with Crippen molar-refractivity contribution in [2.75, 3.05) is 0 Å². The van der Waals surface area contributed by atoms with Crippen LogP contribution in [0.1, 0.15) is 12.5 Å². The summed E-state index contributed by atoms with van der Waals surface area (Å²) in [5.74, 6) is 0.190. The maximum Gasteiger partial charge on any atom is 0.308 e. The SMILES string of the molecule is C=C/C=C(\OC(C)=O)c1ccccc1. The van der Waals surface area contributed by atoms with Gasteiger partial charge in [0.1, 0.15) is 5.76 Å². The van der Waals surface area contributed by atoms with Crippen molar-refractivity contribution >= 4 is 11.7 Å². The van der Waals surface area contributed by atoms with Gasteiger partial charge in [-0.3, -0.25) is 4.79 Å². The van der Waals surface area contributed by atoms with Crippen molar-refractivity contribution < 1.29 is 9.53 Å². The second-order valence-corrected chi connectivity index (χ2v) is 2.73. The molecule has 1 aromatic carbocycles. The minimum absolute atomic E-state index is 0.332. The summed E-state index contributed by atoms with van der Waals surface area (Å²) in [5, 5.41) is 0. The molecule has 0 radical (unpaired) electrons. The molecule has 0 fully saturated rings. The van der Waals surface area contributed by atoms with Gasteiger partial charge in [0, 0.05) is 12.5 Å². The van der Waals surface area contributed by atoms with Crippen molar-refractivity contribution in [3.8, 4) is 0 Å². The predicted molar refractivity (Wildman–Crippen MR) is 56.4 cm³/mol. The largest absolute Gasteiger partial charge is 0.426 e. The highest BCUT2D eigenvalue weighted by atomic mass is 16.5. The molecular weight excluding hydrogens is 176 g/mol. The summed E-state index contributed by atoms with van der Waals surface area (Å²) in [5.41, 5.74) is 0.864. The van der Waals surface area contributed by atoms with Gasteiger partial charge in [-0.25, -0.2) is 0 Å². The first-order valence-electron chi connectivity index (χ1n) is 4.30. The quantitative estimate of drug-likeness (QED) is 0.414. The number of benzene rings is 1. The molecule has 1 aromatic rings. The summed E-state index contributed by atoms with van der Waals surface area (Å²) in [6.45, 7) is 4.94. The van der Waals surface area contributed by atoms with Crippen molar-refractivity contribution in [3.05, 3.63) is 54.6 Å².